The smallest absolute Gasteiger partial charge is 0.280 e. The fourth-order valence-corrected chi connectivity index (χ4v) is 7.70. The number of hydrogen-bond acceptors (Lipinski definition) is 14. The number of nitrogens with two attached hydrogens (primary N) is 3. The number of nitrogens with one attached hydrogen (secondary N) is 1. The fourth-order valence-electron chi connectivity index (χ4n) is 6.38. The highest BCUT2D eigenvalue weighted by molar-refractivity contribution is 7.89. The van der Waals surface area contributed by atoms with Gasteiger partial charge >= 0.3 is 0 Å². The van der Waals surface area contributed by atoms with Crippen molar-refractivity contribution in [2.45, 2.75) is 62.9 Å². The molecule has 0 fully saturated rings. The number of aromatic hydroxyl groups is 2. The van der Waals surface area contributed by atoms with Crippen molar-refractivity contribution in [1.29, 1.82) is 0 Å². The largest absolute Gasteiger partial charge is 0.508 e. The molecule has 0 saturated heterocycles. The summed E-state index contributed by atoms with van der Waals surface area (Å²) in [5.74, 6) is -1.77. The van der Waals surface area contributed by atoms with Crippen LogP contribution in [-0.2, 0) is 45.9 Å². The van der Waals surface area contributed by atoms with Crippen LogP contribution >= 0.6 is 11.6 Å². The number of aliphatic hydroxyl groups excluding tert-OH is 2. The van der Waals surface area contributed by atoms with E-state index in [0.29, 0.717) is 29.8 Å². The number of aliphatic hydroxyl groups is 2. The number of sulfone groups is 1. The second-order valence-corrected chi connectivity index (χ2v) is 18.0. The number of phenols is 2. The average molecular weight is 889 g/mol. The predicted octanol–water partition coefficient (Wildman–Crippen LogP) is 3.17. The van der Waals surface area contributed by atoms with Gasteiger partial charge < -0.3 is 42.2 Å². The highest BCUT2D eigenvalue weighted by Gasteiger charge is 2.21. The molecule has 0 aliphatic rings. The number of amides is 1. The summed E-state index contributed by atoms with van der Waals surface area (Å²) >= 11 is 3.78. The van der Waals surface area contributed by atoms with E-state index >= 15 is 0 Å². The van der Waals surface area contributed by atoms with Crippen LogP contribution in [0.15, 0.2) is 65.7 Å². The lowest BCUT2D eigenvalue weighted by molar-refractivity contribution is 0.0678. The summed E-state index contributed by atoms with van der Waals surface area (Å²) in [6.45, 7) is 1.11. The summed E-state index contributed by atoms with van der Waals surface area (Å²) in [6, 6.07) is 17.3. The van der Waals surface area contributed by atoms with E-state index in [9.17, 15) is 42.4 Å². The third-order valence-electron chi connectivity index (χ3n) is 9.53. The lowest BCUT2D eigenvalue weighted by Crippen LogP contribution is -2.38. The lowest BCUT2D eigenvalue weighted by Gasteiger charge is -2.28. The van der Waals surface area contributed by atoms with E-state index in [1.807, 2.05) is 4.90 Å². The zero-order valence-corrected chi connectivity index (χ0v) is 35.6. The fraction of sp³-hybridized carbons (Fsp3) is 0.400. The third kappa shape index (κ3) is 15.6. The normalized spacial score (nSPS) is 13.6. The van der Waals surface area contributed by atoms with Gasteiger partial charge in [0.05, 0.1) is 23.7 Å². The first-order chi connectivity index (χ1) is 28.4. The summed E-state index contributed by atoms with van der Waals surface area (Å²) < 4.78 is 44.3. The average Bonchev–Trinajstić information content (AvgIpc) is 3.18. The van der Waals surface area contributed by atoms with Crippen LogP contribution in [0.3, 0.4) is 0 Å². The number of carbonyl (C=O) groups is 1. The van der Waals surface area contributed by atoms with Crippen molar-refractivity contribution in [1.82, 2.24) is 20.2 Å². The second kappa shape index (κ2) is 22.6. The highest BCUT2D eigenvalue weighted by Crippen LogP contribution is 2.27. The van der Waals surface area contributed by atoms with Gasteiger partial charge in [-0.25, -0.2) is 22.6 Å². The van der Waals surface area contributed by atoms with Gasteiger partial charge in [0.2, 0.25) is 0 Å². The molecule has 0 spiro atoms. The van der Waals surface area contributed by atoms with Crippen LogP contribution < -0.4 is 22.5 Å². The lowest BCUT2D eigenvalue weighted by atomic mass is 10.0. The van der Waals surface area contributed by atoms with Gasteiger partial charge in [0.25, 0.3) is 5.91 Å². The molecule has 3 aromatic carbocycles. The summed E-state index contributed by atoms with van der Waals surface area (Å²) in [5.41, 5.74) is 20.7. The first kappa shape index (κ1) is 47.8. The predicted molar refractivity (Wildman–Crippen MR) is 233 cm³/mol. The molecule has 0 aliphatic carbocycles. The van der Waals surface area contributed by atoms with Crippen molar-refractivity contribution in [2.24, 2.45) is 10.7 Å². The van der Waals surface area contributed by atoms with Gasteiger partial charge in [-0.1, -0.05) is 48.0 Å². The Hall–Kier alpha value is -4.89. The maximum atomic E-state index is 12.4. The van der Waals surface area contributed by atoms with Crippen LogP contribution in [0, 0.1) is 0 Å². The standard InChI is InChI=1S/C40H53ClN8O9S2/c1-60(57,58)24-30-21-28(13-15-32(30)51)34(53)23-49(22-33(52)27-12-14-31(50)29(20-27)16-19-59(55)56)18-5-3-7-26-10-8-25(9-11-26)6-2-4-17-45-40(44)48-39(54)35-37(42)47-38(43)36(41)46-35/h8-15,20-21,33-34,50-53H,2-7,16-19,22-24H2,1H3,(H,55,56)(H4,42,43,47)(H3,44,45,48,54)/t33-,34-/m0/s1. The molecular formula is C40H53ClN8O9S2. The number of aryl methyl sites for hydroxylation is 3. The molecule has 1 unspecified atom stereocenters. The summed E-state index contributed by atoms with van der Waals surface area (Å²) in [5, 5.41) is 45.3. The Morgan fingerprint density at radius 2 is 1.40 bits per heavy atom. The molecular weight excluding hydrogens is 836 g/mol. The quantitative estimate of drug-likeness (QED) is 0.0237. The molecule has 0 radical (unpaired) electrons. The number of carbonyl (C=O) groups excluding carboxylic acids is 1. The molecule has 12 N–H and O–H groups in total. The topological polar surface area (TPSA) is 301 Å². The van der Waals surface area contributed by atoms with E-state index < -0.39 is 39.0 Å². The number of rotatable bonds is 22. The van der Waals surface area contributed by atoms with Crippen LogP contribution in [-0.4, -0.2) is 103 Å². The van der Waals surface area contributed by atoms with E-state index in [-0.39, 0.29) is 76.5 Å². The molecule has 60 heavy (non-hydrogen) atoms. The molecule has 0 aliphatic heterocycles. The number of guanidine groups is 1. The first-order valence-corrected chi connectivity index (χ1v) is 22.8. The Labute approximate surface area is 356 Å². The van der Waals surface area contributed by atoms with Gasteiger partial charge in [-0.15, -0.1) is 0 Å². The van der Waals surface area contributed by atoms with E-state index in [2.05, 4.69) is 44.5 Å². The van der Waals surface area contributed by atoms with Crippen molar-refractivity contribution in [3.05, 3.63) is 105 Å². The van der Waals surface area contributed by atoms with E-state index in [0.717, 1.165) is 55.9 Å². The van der Waals surface area contributed by atoms with Crippen LogP contribution in [0.2, 0.25) is 5.15 Å². The Kier molecular flexibility index (Phi) is 18.0. The molecule has 1 heterocycles. The Bertz CT molecular complexity index is 2250. The molecule has 17 nitrogen and oxygen atoms in total. The number of benzene rings is 3. The number of nitrogens with zero attached hydrogens (tertiary/aromatic N) is 4. The van der Waals surface area contributed by atoms with Crippen LogP contribution in [0.25, 0.3) is 0 Å². The van der Waals surface area contributed by atoms with Crippen LogP contribution in [0.1, 0.15) is 81.8 Å². The molecule has 0 saturated carbocycles. The van der Waals surface area contributed by atoms with Gasteiger partial charge in [-0.05, 0) is 104 Å². The van der Waals surface area contributed by atoms with E-state index in [1.54, 1.807) is 12.1 Å². The SMILES string of the molecule is CS(=O)(=O)Cc1cc([C@@H](O)CN(CCCCc2ccc(CCCCN=C(N)NC(=O)c3nc(Cl)c(N)nc3N)cc2)C[C@H](O)c2ccc(O)c(CCS(=O)O)c2)ccc1O. The minimum Gasteiger partial charge on any atom is -0.508 e. The minimum atomic E-state index is -3.45. The molecule has 0 bridgehead atoms. The molecule has 1 aromatic heterocycles. The van der Waals surface area contributed by atoms with Crippen molar-refractivity contribution in [3.8, 4) is 11.5 Å². The van der Waals surface area contributed by atoms with Gasteiger partial charge in [0.1, 0.15) is 11.5 Å². The van der Waals surface area contributed by atoms with Crippen molar-refractivity contribution >= 4 is 56.0 Å². The van der Waals surface area contributed by atoms with Crippen molar-refractivity contribution < 1.29 is 42.4 Å². The van der Waals surface area contributed by atoms with E-state index in [4.69, 9.17) is 28.8 Å². The minimum absolute atomic E-state index is 0.0462. The third-order valence-corrected chi connectivity index (χ3v) is 11.2. The van der Waals surface area contributed by atoms with Gasteiger partial charge in [0, 0.05) is 31.5 Å². The first-order valence-electron chi connectivity index (χ1n) is 19.1. The highest BCUT2D eigenvalue weighted by atomic mass is 35.5. The Morgan fingerprint density at radius 1 is 0.850 bits per heavy atom. The van der Waals surface area contributed by atoms with Gasteiger partial charge in [-0.2, -0.15) is 0 Å². The number of hydrogen-bond donors (Lipinski definition) is 9. The van der Waals surface area contributed by atoms with Crippen LogP contribution in [0.4, 0.5) is 11.6 Å². The maximum Gasteiger partial charge on any atom is 0.280 e. The summed E-state index contributed by atoms with van der Waals surface area (Å²) in [6.07, 6.45) is 3.80. The second-order valence-electron chi connectivity index (χ2n) is 14.5. The van der Waals surface area contributed by atoms with Gasteiger partial charge in [-0.3, -0.25) is 20.0 Å². The molecule has 326 valence electrons. The molecule has 4 rings (SSSR count). The molecule has 1 amide bonds. The number of unbranched alkanes of at least 4 members (excludes halogenated alkanes) is 2. The zero-order chi connectivity index (χ0) is 44.0. The molecule has 20 heteroatoms. The van der Waals surface area contributed by atoms with Gasteiger partial charge in [0.15, 0.2) is 49.4 Å². The Balaban J connectivity index is 1.30. The number of aliphatic imine (C=N–C) groups is 1. The van der Waals surface area contributed by atoms with Crippen LogP contribution in [0.5, 0.6) is 11.5 Å². The number of halogens is 1. The van der Waals surface area contributed by atoms with E-state index in [1.165, 1.54) is 24.3 Å². The number of nitrogen functional groups attached to an aromatic ring is 2. The van der Waals surface area contributed by atoms with Crippen molar-refractivity contribution in [3.63, 3.8) is 0 Å². The van der Waals surface area contributed by atoms with Crippen molar-refractivity contribution in [2.75, 3.05) is 49.7 Å². The number of anilines is 2. The monoisotopic (exact) mass is 888 g/mol. The summed E-state index contributed by atoms with van der Waals surface area (Å²) in [7, 11) is -3.45. The Morgan fingerprint density at radius 3 is 1.97 bits per heavy atom. The number of phenolic OH excluding ortho intramolecular Hbond substituents is 2. The number of aromatic nitrogens is 2. The molecule has 4 aromatic rings. The summed E-state index contributed by atoms with van der Waals surface area (Å²) in [4.78, 5) is 26.1. The maximum absolute atomic E-state index is 12.4. The zero-order valence-electron chi connectivity index (χ0n) is 33.2. The molecule has 3 atom stereocenters.